The zero-order valence-corrected chi connectivity index (χ0v) is 12.0. The number of carbonyl (C=O) groups excluding carboxylic acids is 1. The minimum atomic E-state index is -0.359. The third kappa shape index (κ3) is 3.21. The first-order valence-corrected chi connectivity index (χ1v) is 7.26. The molecule has 1 aromatic rings. The third-order valence-electron chi connectivity index (χ3n) is 3.87. The minimum absolute atomic E-state index is 0.0174. The average Bonchev–Trinajstić information content (AvgIpc) is 2.42. The quantitative estimate of drug-likeness (QED) is 0.672. The van der Waals surface area contributed by atoms with Crippen LogP contribution in [0.2, 0.25) is 5.02 Å². The lowest BCUT2D eigenvalue weighted by atomic mass is 9.85. The van der Waals surface area contributed by atoms with Gasteiger partial charge in [0.1, 0.15) is 6.10 Å². The number of hydrogen-bond donors (Lipinski definition) is 1. The molecule has 0 aliphatic heterocycles. The Morgan fingerprint density at radius 3 is 2.89 bits per heavy atom. The molecule has 2 atom stereocenters. The normalized spacial score (nSPS) is 23.1. The van der Waals surface area contributed by atoms with Crippen LogP contribution in [-0.4, -0.2) is 12.1 Å². The first-order chi connectivity index (χ1) is 9.13. The molecule has 19 heavy (non-hydrogen) atoms. The largest absolute Gasteiger partial charge is 0.458 e. The Balaban J connectivity index is 2.09. The van der Waals surface area contributed by atoms with E-state index in [1.165, 1.54) is 6.42 Å². The summed E-state index contributed by atoms with van der Waals surface area (Å²) in [6.45, 7) is 2.14. The molecule has 0 spiro atoms. The van der Waals surface area contributed by atoms with Crippen LogP contribution in [0.1, 0.15) is 49.4 Å². The highest BCUT2D eigenvalue weighted by Crippen LogP contribution is 2.31. The molecule has 2 rings (SSSR count). The zero-order valence-electron chi connectivity index (χ0n) is 11.2. The molecule has 1 aliphatic carbocycles. The first kappa shape index (κ1) is 14.2. The van der Waals surface area contributed by atoms with Crippen molar-refractivity contribution >= 4 is 23.3 Å². The summed E-state index contributed by atoms with van der Waals surface area (Å²) in [5.41, 5.74) is 6.48. The maximum absolute atomic E-state index is 12.2. The number of ether oxygens (including phenoxy) is 1. The van der Waals surface area contributed by atoms with Crippen molar-refractivity contribution in [1.29, 1.82) is 0 Å². The molecule has 3 nitrogen and oxygen atoms in total. The molecule has 4 heteroatoms. The molecule has 0 saturated heterocycles. The summed E-state index contributed by atoms with van der Waals surface area (Å²) >= 11 is 6.05. The molecule has 1 aromatic carbocycles. The molecule has 0 heterocycles. The van der Waals surface area contributed by atoms with Crippen LogP contribution < -0.4 is 5.73 Å². The topological polar surface area (TPSA) is 52.3 Å². The van der Waals surface area contributed by atoms with Gasteiger partial charge in [-0.3, -0.25) is 0 Å². The zero-order chi connectivity index (χ0) is 13.8. The second-order valence-corrected chi connectivity index (χ2v) is 5.48. The summed E-state index contributed by atoms with van der Waals surface area (Å²) in [5, 5.41) is 0.288. The Morgan fingerprint density at radius 1 is 1.42 bits per heavy atom. The number of nitrogen functional groups attached to an aromatic ring is 1. The number of esters is 1. The summed E-state index contributed by atoms with van der Waals surface area (Å²) < 4.78 is 5.64. The van der Waals surface area contributed by atoms with E-state index in [1.807, 2.05) is 0 Å². The number of hydrogen-bond acceptors (Lipinski definition) is 3. The highest BCUT2D eigenvalue weighted by atomic mass is 35.5. The van der Waals surface area contributed by atoms with Crippen LogP contribution in [0.3, 0.4) is 0 Å². The third-order valence-corrected chi connectivity index (χ3v) is 4.29. The summed E-state index contributed by atoms with van der Waals surface area (Å²) in [6.07, 6.45) is 5.50. The van der Waals surface area contributed by atoms with Crippen LogP contribution in [0, 0.1) is 5.92 Å². The maximum atomic E-state index is 12.2. The lowest BCUT2D eigenvalue weighted by Crippen LogP contribution is -2.29. The smallest absolute Gasteiger partial charge is 0.340 e. The number of nitrogens with two attached hydrogens (primary N) is 1. The molecule has 0 amide bonds. The highest BCUT2D eigenvalue weighted by molar-refractivity contribution is 6.36. The van der Waals surface area contributed by atoms with Crippen molar-refractivity contribution in [2.24, 2.45) is 5.92 Å². The van der Waals surface area contributed by atoms with E-state index in [-0.39, 0.29) is 17.1 Å². The Labute approximate surface area is 119 Å². The van der Waals surface area contributed by atoms with Gasteiger partial charge in [-0.1, -0.05) is 31.0 Å². The van der Waals surface area contributed by atoms with Gasteiger partial charge in [0.05, 0.1) is 16.3 Å². The summed E-state index contributed by atoms with van der Waals surface area (Å²) in [7, 11) is 0. The van der Waals surface area contributed by atoms with Crippen LogP contribution in [0.25, 0.3) is 0 Å². The number of anilines is 1. The van der Waals surface area contributed by atoms with Gasteiger partial charge >= 0.3 is 5.97 Å². The van der Waals surface area contributed by atoms with E-state index in [0.717, 1.165) is 25.7 Å². The van der Waals surface area contributed by atoms with E-state index in [2.05, 4.69) is 6.92 Å². The standard InChI is InChI=1S/C15H20ClNO2/c1-2-10-6-3-4-9-13(10)19-15(18)11-7-5-8-12(17)14(11)16/h5,7-8,10,13H,2-4,6,9,17H2,1H3. The molecular weight excluding hydrogens is 262 g/mol. The monoisotopic (exact) mass is 281 g/mol. The van der Waals surface area contributed by atoms with Gasteiger partial charge in [-0.15, -0.1) is 0 Å². The number of halogens is 1. The molecule has 2 unspecified atom stereocenters. The summed E-state index contributed by atoms with van der Waals surface area (Å²) in [4.78, 5) is 12.2. The fraction of sp³-hybridized carbons (Fsp3) is 0.533. The Kier molecular flexibility index (Phi) is 4.70. The van der Waals surface area contributed by atoms with Gasteiger partial charge in [-0.25, -0.2) is 4.79 Å². The van der Waals surface area contributed by atoms with Crippen molar-refractivity contribution in [2.75, 3.05) is 5.73 Å². The van der Waals surface area contributed by atoms with Gasteiger partial charge in [0.15, 0.2) is 0 Å². The summed E-state index contributed by atoms with van der Waals surface area (Å²) in [5.74, 6) is 0.111. The number of benzene rings is 1. The Hall–Kier alpha value is -1.22. The second-order valence-electron chi connectivity index (χ2n) is 5.11. The molecule has 1 saturated carbocycles. The van der Waals surface area contributed by atoms with E-state index in [1.54, 1.807) is 18.2 Å². The fourth-order valence-electron chi connectivity index (χ4n) is 2.70. The van der Waals surface area contributed by atoms with Gasteiger partial charge in [0.25, 0.3) is 0 Å². The van der Waals surface area contributed by atoms with E-state index in [0.29, 0.717) is 17.2 Å². The van der Waals surface area contributed by atoms with Crippen molar-refractivity contribution in [3.63, 3.8) is 0 Å². The van der Waals surface area contributed by atoms with Crippen LogP contribution >= 0.6 is 11.6 Å². The molecule has 104 valence electrons. The molecule has 2 N–H and O–H groups in total. The molecule has 1 fully saturated rings. The molecule has 0 aromatic heterocycles. The van der Waals surface area contributed by atoms with Gasteiger partial charge in [-0.2, -0.15) is 0 Å². The van der Waals surface area contributed by atoms with Crippen molar-refractivity contribution < 1.29 is 9.53 Å². The van der Waals surface area contributed by atoms with Crippen LogP contribution in [-0.2, 0) is 4.74 Å². The van der Waals surface area contributed by atoms with E-state index in [4.69, 9.17) is 22.1 Å². The van der Waals surface area contributed by atoms with Gasteiger partial charge in [-0.05, 0) is 43.7 Å². The Morgan fingerprint density at radius 2 is 2.16 bits per heavy atom. The average molecular weight is 282 g/mol. The van der Waals surface area contributed by atoms with Crippen molar-refractivity contribution in [2.45, 2.75) is 45.1 Å². The van der Waals surface area contributed by atoms with Crippen LogP contribution in [0.4, 0.5) is 5.69 Å². The minimum Gasteiger partial charge on any atom is -0.458 e. The van der Waals surface area contributed by atoms with Crippen molar-refractivity contribution in [3.8, 4) is 0 Å². The maximum Gasteiger partial charge on any atom is 0.340 e. The predicted octanol–water partition coefficient (Wildman–Crippen LogP) is 4.05. The fourth-order valence-corrected chi connectivity index (χ4v) is 2.91. The lowest BCUT2D eigenvalue weighted by Gasteiger charge is -2.30. The van der Waals surface area contributed by atoms with Crippen molar-refractivity contribution in [3.05, 3.63) is 28.8 Å². The first-order valence-electron chi connectivity index (χ1n) is 6.88. The van der Waals surface area contributed by atoms with E-state index < -0.39 is 0 Å². The van der Waals surface area contributed by atoms with E-state index >= 15 is 0 Å². The molecule has 0 radical (unpaired) electrons. The van der Waals surface area contributed by atoms with Crippen LogP contribution in [0.15, 0.2) is 18.2 Å². The van der Waals surface area contributed by atoms with E-state index in [9.17, 15) is 4.79 Å². The van der Waals surface area contributed by atoms with Crippen molar-refractivity contribution in [1.82, 2.24) is 0 Å². The van der Waals surface area contributed by atoms with Gasteiger partial charge in [0.2, 0.25) is 0 Å². The predicted molar refractivity (Wildman–Crippen MR) is 77.3 cm³/mol. The Bertz CT molecular complexity index is 461. The number of carbonyl (C=O) groups is 1. The molecule has 0 bridgehead atoms. The van der Waals surface area contributed by atoms with Crippen LogP contribution in [0.5, 0.6) is 0 Å². The van der Waals surface area contributed by atoms with Gasteiger partial charge in [0, 0.05) is 0 Å². The SMILES string of the molecule is CCC1CCCCC1OC(=O)c1cccc(N)c1Cl. The second kappa shape index (κ2) is 6.29. The molecular formula is C15H20ClNO2. The summed E-state index contributed by atoms with van der Waals surface area (Å²) in [6, 6.07) is 5.05. The number of rotatable bonds is 3. The highest BCUT2D eigenvalue weighted by Gasteiger charge is 2.28. The van der Waals surface area contributed by atoms with Gasteiger partial charge < -0.3 is 10.5 Å². The lowest BCUT2D eigenvalue weighted by molar-refractivity contribution is 0.000734. The molecule has 1 aliphatic rings.